The van der Waals surface area contributed by atoms with Crippen molar-refractivity contribution in [3.8, 4) is 0 Å². The molecule has 2 atom stereocenters. The molecular weight excluding hydrogens is 733 g/mol. The molecule has 0 aliphatic heterocycles. The van der Waals surface area contributed by atoms with E-state index in [2.05, 4.69) is 34.6 Å². The Kier molecular flexibility index (Phi) is 44.7. The predicted octanol–water partition coefficient (Wildman–Crippen LogP) is 16.9. The second kappa shape index (κ2) is 45.9. The van der Waals surface area contributed by atoms with Gasteiger partial charge >= 0.3 is 17.9 Å². The first-order valence-electron chi connectivity index (χ1n) is 26.3. The van der Waals surface area contributed by atoms with Crippen molar-refractivity contribution in [3.63, 3.8) is 0 Å². The molecule has 0 rings (SSSR count). The molecule has 0 N–H and O–H groups in total. The number of rotatable bonds is 47. The van der Waals surface area contributed by atoms with Gasteiger partial charge in [0.25, 0.3) is 0 Å². The molecule has 0 heterocycles. The summed E-state index contributed by atoms with van der Waals surface area (Å²) >= 11 is 0. The third-order valence-corrected chi connectivity index (χ3v) is 12.3. The van der Waals surface area contributed by atoms with Gasteiger partial charge < -0.3 is 14.2 Å². The topological polar surface area (TPSA) is 78.9 Å². The van der Waals surface area contributed by atoms with E-state index in [9.17, 15) is 14.4 Å². The quantitative estimate of drug-likeness (QED) is 0.0345. The van der Waals surface area contributed by atoms with Crippen molar-refractivity contribution in [2.75, 3.05) is 13.2 Å². The fraction of sp³-hybridized carbons (Fsp3) is 0.943. The largest absolute Gasteiger partial charge is 0.462 e. The molecule has 0 saturated carbocycles. The van der Waals surface area contributed by atoms with Crippen LogP contribution in [0.3, 0.4) is 0 Å². The zero-order valence-electron chi connectivity index (χ0n) is 40.4. The minimum Gasteiger partial charge on any atom is -0.462 e. The van der Waals surface area contributed by atoms with Gasteiger partial charge in [-0.2, -0.15) is 0 Å². The van der Waals surface area contributed by atoms with Gasteiger partial charge in [-0.05, 0) is 31.1 Å². The molecular formula is C53H102O6. The fourth-order valence-corrected chi connectivity index (χ4v) is 7.96. The SMILES string of the molecule is CCCCCCCCCCCCCCCCCCCC(=O)O[C@H](COC(=O)CCCCCCCCCCCCC(C)CC)COC(=O)CCCCCCCCCC(C)C. The van der Waals surface area contributed by atoms with E-state index in [4.69, 9.17) is 14.2 Å². The van der Waals surface area contributed by atoms with E-state index in [0.29, 0.717) is 19.3 Å². The molecule has 0 aliphatic rings. The minimum atomic E-state index is -0.762. The minimum absolute atomic E-state index is 0.0644. The van der Waals surface area contributed by atoms with E-state index in [-0.39, 0.29) is 31.1 Å². The highest BCUT2D eigenvalue weighted by Crippen LogP contribution is 2.18. The molecule has 0 fully saturated rings. The van der Waals surface area contributed by atoms with Crippen LogP contribution in [0.1, 0.15) is 291 Å². The lowest BCUT2D eigenvalue weighted by Crippen LogP contribution is -2.30. The standard InChI is InChI=1S/C53H102O6/c1-6-8-9-10-11-12-13-14-15-16-17-18-19-24-29-35-40-45-53(56)59-50(47-58-52(55)44-39-34-30-25-26-31-36-41-48(3)4)46-57-51(54)43-38-33-28-23-21-20-22-27-32-37-42-49(5)7-2/h48-50H,6-47H2,1-5H3/t49?,50-/m1/s1. The van der Waals surface area contributed by atoms with Crippen LogP contribution in [0.4, 0.5) is 0 Å². The summed E-state index contributed by atoms with van der Waals surface area (Å²) in [6.07, 6.45) is 46.6. The maximum absolute atomic E-state index is 12.8. The molecule has 0 radical (unpaired) electrons. The van der Waals surface area contributed by atoms with Gasteiger partial charge in [-0.1, -0.05) is 253 Å². The van der Waals surface area contributed by atoms with E-state index >= 15 is 0 Å². The number of carbonyl (C=O) groups excluding carboxylic acids is 3. The molecule has 0 spiro atoms. The Labute approximate surface area is 368 Å². The van der Waals surface area contributed by atoms with Crippen molar-refractivity contribution in [2.45, 2.75) is 298 Å². The Morgan fingerprint density at radius 3 is 0.966 bits per heavy atom. The van der Waals surface area contributed by atoms with Gasteiger partial charge in [0.2, 0.25) is 0 Å². The summed E-state index contributed by atoms with van der Waals surface area (Å²) in [5.41, 5.74) is 0. The maximum atomic E-state index is 12.8. The molecule has 0 amide bonds. The van der Waals surface area contributed by atoms with Crippen LogP contribution in [0.15, 0.2) is 0 Å². The number of unbranched alkanes of at least 4 members (excludes halogenated alkanes) is 31. The molecule has 0 aliphatic carbocycles. The molecule has 0 aromatic carbocycles. The molecule has 6 nitrogen and oxygen atoms in total. The summed E-state index contributed by atoms with van der Waals surface area (Å²) in [6.45, 7) is 11.4. The summed E-state index contributed by atoms with van der Waals surface area (Å²) < 4.78 is 16.8. The summed E-state index contributed by atoms with van der Waals surface area (Å²) in [4.78, 5) is 37.9. The van der Waals surface area contributed by atoms with Crippen molar-refractivity contribution in [1.29, 1.82) is 0 Å². The first kappa shape index (κ1) is 57.4. The molecule has 6 heteroatoms. The van der Waals surface area contributed by atoms with E-state index in [0.717, 1.165) is 69.6 Å². The summed E-state index contributed by atoms with van der Waals surface area (Å²) in [7, 11) is 0. The molecule has 1 unspecified atom stereocenters. The second-order valence-electron chi connectivity index (χ2n) is 18.9. The third-order valence-electron chi connectivity index (χ3n) is 12.3. The van der Waals surface area contributed by atoms with E-state index in [1.807, 2.05) is 0 Å². The van der Waals surface area contributed by atoms with Gasteiger partial charge in [0.15, 0.2) is 6.10 Å². The Bertz CT molecular complexity index is 902. The molecule has 0 aromatic heterocycles. The van der Waals surface area contributed by atoms with Gasteiger partial charge in [0, 0.05) is 19.3 Å². The van der Waals surface area contributed by atoms with Crippen LogP contribution >= 0.6 is 0 Å². The van der Waals surface area contributed by atoms with Crippen molar-refractivity contribution in [1.82, 2.24) is 0 Å². The van der Waals surface area contributed by atoms with E-state index in [1.165, 1.54) is 180 Å². The lowest BCUT2D eigenvalue weighted by Gasteiger charge is -2.18. The van der Waals surface area contributed by atoms with Gasteiger partial charge in [-0.25, -0.2) is 0 Å². The maximum Gasteiger partial charge on any atom is 0.306 e. The van der Waals surface area contributed by atoms with Crippen LogP contribution in [0.25, 0.3) is 0 Å². The first-order chi connectivity index (χ1) is 28.8. The average molecular weight is 835 g/mol. The molecule has 59 heavy (non-hydrogen) atoms. The van der Waals surface area contributed by atoms with Crippen LogP contribution in [0.5, 0.6) is 0 Å². The Hall–Kier alpha value is -1.59. The number of hydrogen-bond donors (Lipinski definition) is 0. The normalized spacial score (nSPS) is 12.5. The average Bonchev–Trinajstić information content (AvgIpc) is 3.22. The lowest BCUT2D eigenvalue weighted by molar-refractivity contribution is -0.167. The van der Waals surface area contributed by atoms with E-state index in [1.54, 1.807) is 0 Å². The summed E-state index contributed by atoms with van der Waals surface area (Å²) in [5.74, 6) is 0.800. The highest BCUT2D eigenvalue weighted by molar-refractivity contribution is 5.71. The Morgan fingerprint density at radius 1 is 0.356 bits per heavy atom. The Morgan fingerprint density at radius 2 is 0.644 bits per heavy atom. The summed E-state index contributed by atoms with van der Waals surface area (Å²) in [5, 5.41) is 0. The lowest BCUT2D eigenvalue weighted by atomic mass is 9.99. The van der Waals surface area contributed by atoms with Crippen LogP contribution in [-0.4, -0.2) is 37.2 Å². The van der Waals surface area contributed by atoms with Crippen molar-refractivity contribution in [3.05, 3.63) is 0 Å². The van der Waals surface area contributed by atoms with Crippen LogP contribution < -0.4 is 0 Å². The number of ether oxygens (including phenoxy) is 3. The third kappa shape index (κ3) is 45.8. The fourth-order valence-electron chi connectivity index (χ4n) is 7.96. The number of esters is 3. The zero-order chi connectivity index (χ0) is 43.3. The van der Waals surface area contributed by atoms with Crippen molar-refractivity contribution >= 4 is 17.9 Å². The van der Waals surface area contributed by atoms with Crippen LogP contribution in [0.2, 0.25) is 0 Å². The molecule has 0 aromatic rings. The van der Waals surface area contributed by atoms with Gasteiger partial charge in [0.05, 0.1) is 0 Å². The van der Waals surface area contributed by atoms with Crippen LogP contribution in [-0.2, 0) is 28.6 Å². The number of carbonyl (C=O) groups is 3. The highest BCUT2D eigenvalue weighted by atomic mass is 16.6. The monoisotopic (exact) mass is 835 g/mol. The van der Waals surface area contributed by atoms with Crippen LogP contribution in [0, 0.1) is 11.8 Å². The zero-order valence-corrected chi connectivity index (χ0v) is 40.4. The van der Waals surface area contributed by atoms with E-state index < -0.39 is 6.10 Å². The van der Waals surface area contributed by atoms with Gasteiger partial charge in [-0.3, -0.25) is 14.4 Å². The molecule has 350 valence electrons. The number of hydrogen-bond acceptors (Lipinski definition) is 6. The summed E-state index contributed by atoms with van der Waals surface area (Å²) in [6, 6.07) is 0. The van der Waals surface area contributed by atoms with Crippen molar-refractivity contribution < 1.29 is 28.6 Å². The molecule has 0 bridgehead atoms. The van der Waals surface area contributed by atoms with Gasteiger partial charge in [-0.15, -0.1) is 0 Å². The van der Waals surface area contributed by atoms with Crippen molar-refractivity contribution in [2.24, 2.45) is 11.8 Å². The smallest absolute Gasteiger partial charge is 0.306 e. The predicted molar refractivity (Wildman–Crippen MR) is 252 cm³/mol. The molecule has 0 saturated heterocycles. The highest BCUT2D eigenvalue weighted by Gasteiger charge is 2.19. The van der Waals surface area contributed by atoms with Gasteiger partial charge in [0.1, 0.15) is 13.2 Å². The first-order valence-corrected chi connectivity index (χ1v) is 26.3. The second-order valence-corrected chi connectivity index (χ2v) is 18.9. The Balaban J connectivity index is 4.29.